The molecule has 6 heteroatoms. The van der Waals surface area contributed by atoms with E-state index in [9.17, 15) is 4.79 Å². The normalized spacial score (nSPS) is 22.8. The molecule has 0 radical (unpaired) electrons. The quantitative estimate of drug-likeness (QED) is 0.718. The third kappa shape index (κ3) is 2.65. The Kier molecular flexibility index (Phi) is 3.14. The number of rotatable bonds is 2. The van der Waals surface area contributed by atoms with Gasteiger partial charge in [-0.15, -0.1) is 5.10 Å². The van der Waals surface area contributed by atoms with Crippen LogP contribution in [0.2, 0.25) is 0 Å². The predicted octanol–water partition coefficient (Wildman–Crippen LogP) is 0.330. The highest BCUT2D eigenvalue weighted by molar-refractivity contribution is 5.92. The molecular formula is C11H15N5O. The van der Waals surface area contributed by atoms with E-state index >= 15 is 0 Å². The van der Waals surface area contributed by atoms with Crippen LogP contribution in [0.25, 0.3) is 0 Å². The fourth-order valence-electron chi connectivity index (χ4n) is 1.63. The number of hydrogen-bond donors (Lipinski definition) is 2. The Morgan fingerprint density at radius 1 is 1.35 bits per heavy atom. The van der Waals surface area contributed by atoms with Gasteiger partial charge >= 0.3 is 0 Å². The molecule has 0 aliphatic heterocycles. The summed E-state index contributed by atoms with van der Waals surface area (Å²) in [4.78, 5) is 16.0. The van der Waals surface area contributed by atoms with E-state index in [1.807, 2.05) is 26.0 Å². The second-order valence-corrected chi connectivity index (χ2v) is 4.19. The molecule has 2 atom stereocenters. The number of carbonyl (C=O) groups excluding carboxylic acids is 1. The Morgan fingerprint density at radius 3 is 2.71 bits per heavy atom. The van der Waals surface area contributed by atoms with Gasteiger partial charge in [-0.1, -0.05) is 12.2 Å². The lowest BCUT2D eigenvalue weighted by Crippen LogP contribution is -2.25. The number of nitrogens with one attached hydrogen (secondary N) is 1. The van der Waals surface area contributed by atoms with E-state index in [2.05, 4.69) is 20.5 Å². The maximum atomic E-state index is 11.8. The van der Waals surface area contributed by atoms with Crippen LogP contribution < -0.4 is 11.1 Å². The molecule has 0 bridgehead atoms. The van der Waals surface area contributed by atoms with Crippen molar-refractivity contribution in [3.8, 4) is 0 Å². The molecule has 1 aromatic heterocycles. The minimum Gasteiger partial charge on any atom is -0.324 e. The molecule has 1 aliphatic rings. The van der Waals surface area contributed by atoms with Gasteiger partial charge in [0.2, 0.25) is 11.9 Å². The summed E-state index contributed by atoms with van der Waals surface area (Å²) in [6.07, 6.45) is 4.28. The molecule has 1 aliphatic carbocycles. The summed E-state index contributed by atoms with van der Waals surface area (Å²) in [5.74, 6) is -0.0959. The van der Waals surface area contributed by atoms with Crippen LogP contribution in [0.15, 0.2) is 12.2 Å². The first-order valence-electron chi connectivity index (χ1n) is 5.49. The summed E-state index contributed by atoms with van der Waals surface area (Å²) in [5.41, 5.74) is 7.20. The molecule has 1 amide bonds. The Morgan fingerprint density at radius 2 is 2.12 bits per heavy atom. The minimum atomic E-state index is -0.199. The zero-order valence-electron chi connectivity index (χ0n) is 9.84. The summed E-state index contributed by atoms with van der Waals surface area (Å²) in [6, 6.07) is -0.0375. The van der Waals surface area contributed by atoms with E-state index in [1.165, 1.54) is 0 Å². The molecule has 90 valence electrons. The number of aromatic nitrogens is 3. The number of nitrogens with two attached hydrogens (primary N) is 1. The van der Waals surface area contributed by atoms with Crippen molar-refractivity contribution in [2.75, 3.05) is 5.32 Å². The fraction of sp³-hybridized carbons (Fsp3) is 0.455. The molecule has 1 aromatic rings. The average molecular weight is 233 g/mol. The van der Waals surface area contributed by atoms with Crippen molar-refractivity contribution in [1.82, 2.24) is 15.2 Å². The lowest BCUT2D eigenvalue weighted by molar-refractivity contribution is -0.118. The van der Waals surface area contributed by atoms with E-state index in [0.717, 1.165) is 11.4 Å². The molecule has 2 unspecified atom stereocenters. The first-order valence-corrected chi connectivity index (χ1v) is 5.49. The minimum absolute atomic E-state index is 0.0375. The zero-order valence-corrected chi connectivity index (χ0v) is 9.84. The Hall–Kier alpha value is -1.82. The molecule has 2 rings (SSSR count). The molecule has 3 N–H and O–H groups in total. The van der Waals surface area contributed by atoms with Crippen LogP contribution in [-0.4, -0.2) is 27.1 Å². The van der Waals surface area contributed by atoms with Crippen LogP contribution in [0, 0.1) is 19.8 Å². The standard InChI is InChI=1S/C11H15N5O/c1-6-7(2)15-16-11(13-6)14-10(17)8-3-4-9(12)5-8/h3-4,8-9H,5,12H2,1-2H3,(H,13,14,16,17). The molecular weight excluding hydrogens is 218 g/mol. The van der Waals surface area contributed by atoms with E-state index in [0.29, 0.717) is 6.42 Å². The van der Waals surface area contributed by atoms with Crippen molar-refractivity contribution in [3.05, 3.63) is 23.5 Å². The molecule has 0 saturated heterocycles. The lowest BCUT2D eigenvalue weighted by atomic mass is 10.1. The van der Waals surface area contributed by atoms with Crippen LogP contribution in [0.3, 0.4) is 0 Å². The fourth-order valence-corrected chi connectivity index (χ4v) is 1.63. The number of aryl methyl sites for hydroxylation is 2. The van der Waals surface area contributed by atoms with Gasteiger partial charge in [-0.05, 0) is 20.3 Å². The largest absolute Gasteiger partial charge is 0.324 e. The van der Waals surface area contributed by atoms with Gasteiger partial charge in [-0.2, -0.15) is 5.10 Å². The lowest BCUT2D eigenvalue weighted by Gasteiger charge is -2.09. The van der Waals surface area contributed by atoms with Crippen LogP contribution in [0.4, 0.5) is 5.95 Å². The van der Waals surface area contributed by atoms with E-state index in [-0.39, 0.29) is 23.8 Å². The number of carbonyl (C=O) groups is 1. The van der Waals surface area contributed by atoms with Gasteiger partial charge in [0.1, 0.15) is 0 Å². The SMILES string of the molecule is Cc1nnc(NC(=O)C2C=CC(N)C2)nc1C. The van der Waals surface area contributed by atoms with Gasteiger partial charge in [-0.25, -0.2) is 4.98 Å². The van der Waals surface area contributed by atoms with Gasteiger partial charge in [0.25, 0.3) is 0 Å². The number of nitrogens with zero attached hydrogens (tertiary/aromatic N) is 3. The summed E-state index contributed by atoms with van der Waals surface area (Å²) in [5, 5.41) is 10.4. The maximum absolute atomic E-state index is 11.8. The number of anilines is 1. The van der Waals surface area contributed by atoms with Crippen LogP contribution in [-0.2, 0) is 4.79 Å². The summed E-state index contributed by atoms with van der Waals surface area (Å²) in [6.45, 7) is 3.64. The Labute approximate surface area is 99.3 Å². The van der Waals surface area contributed by atoms with Crippen molar-refractivity contribution in [2.24, 2.45) is 11.7 Å². The first-order chi connectivity index (χ1) is 8.06. The zero-order chi connectivity index (χ0) is 12.4. The highest BCUT2D eigenvalue weighted by Crippen LogP contribution is 2.17. The summed E-state index contributed by atoms with van der Waals surface area (Å²) in [7, 11) is 0. The van der Waals surface area contributed by atoms with Crippen molar-refractivity contribution in [3.63, 3.8) is 0 Å². The third-order valence-corrected chi connectivity index (χ3v) is 2.78. The van der Waals surface area contributed by atoms with Crippen molar-refractivity contribution >= 4 is 11.9 Å². The van der Waals surface area contributed by atoms with E-state index in [4.69, 9.17) is 5.73 Å². The van der Waals surface area contributed by atoms with Gasteiger partial charge in [0.05, 0.1) is 17.3 Å². The molecule has 1 heterocycles. The van der Waals surface area contributed by atoms with Crippen LogP contribution in [0.5, 0.6) is 0 Å². The Bertz CT molecular complexity index is 471. The highest BCUT2D eigenvalue weighted by atomic mass is 16.2. The second kappa shape index (κ2) is 4.58. The highest BCUT2D eigenvalue weighted by Gasteiger charge is 2.23. The summed E-state index contributed by atoms with van der Waals surface area (Å²) < 4.78 is 0. The Balaban J connectivity index is 2.03. The van der Waals surface area contributed by atoms with Gasteiger partial charge in [0.15, 0.2) is 0 Å². The van der Waals surface area contributed by atoms with Gasteiger partial charge in [-0.3, -0.25) is 10.1 Å². The monoisotopic (exact) mass is 233 g/mol. The molecule has 6 nitrogen and oxygen atoms in total. The average Bonchev–Trinajstić information content (AvgIpc) is 2.70. The van der Waals surface area contributed by atoms with Crippen LogP contribution >= 0.6 is 0 Å². The maximum Gasteiger partial charge on any atom is 0.249 e. The molecule has 0 saturated carbocycles. The molecule has 0 fully saturated rings. The van der Waals surface area contributed by atoms with E-state index in [1.54, 1.807) is 0 Å². The van der Waals surface area contributed by atoms with Crippen molar-refractivity contribution in [1.29, 1.82) is 0 Å². The van der Waals surface area contributed by atoms with Gasteiger partial charge in [0, 0.05) is 6.04 Å². The van der Waals surface area contributed by atoms with Gasteiger partial charge < -0.3 is 5.73 Å². The summed E-state index contributed by atoms with van der Waals surface area (Å²) >= 11 is 0. The van der Waals surface area contributed by atoms with Crippen molar-refractivity contribution < 1.29 is 4.79 Å². The van der Waals surface area contributed by atoms with Crippen LogP contribution in [0.1, 0.15) is 17.8 Å². The topological polar surface area (TPSA) is 93.8 Å². The smallest absolute Gasteiger partial charge is 0.249 e. The van der Waals surface area contributed by atoms with Crippen molar-refractivity contribution in [2.45, 2.75) is 26.3 Å². The molecule has 17 heavy (non-hydrogen) atoms. The molecule has 0 aromatic carbocycles. The third-order valence-electron chi connectivity index (χ3n) is 2.78. The number of amides is 1. The van der Waals surface area contributed by atoms with E-state index < -0.39 is 0 Å². The molecule has 0 spiro atoms. The first kappa shape index (κ1) is 11.7. The second-order valence-electron chi connectivity index (χ2n) is 4.19. The number of hydrogen-bond acceptors (Lipinski definition) is 5. The predicted molar refractivity (Wildman–Crippen MR) is 63.2 cm³/mol.